The van der Waals surface area contributed by atoms with E-state index in [2.05, 4.69) is 71.6 Å². The quantitative estimate of drug-likeness (QED) is 0.663. The van der Waals surface area contributed by atoms with Gasteiger partial charge in [0.15, 0.2) is 0 Å². The van der Waals surface area contributed by atoms with E-state index in [-0.39, 0.29) is 5.97 Å². The van der Waals surface area contributed by atoms with E-state index in [0.717, 1.165) is 38.9 Å². The van der Waals surface area contributed by atoms with Gasteiger partial charge in [-0.05, 0) is 48.4 Å². The van der Waals surface area contributed by atoms with Crippen molar-refractivity contribution in [1.82, 2.24) is 4.90 Å². The number of carbonyl (C=O) groups excluding carboxylic acids is 1. The molecule has 27 heavy (non-hydrogen) atoms. The standard InChI is InChI=1S/C24H29NO2/c1-27-24(26)18-20-10-8-16-25(19-20)17-9-15-23(21-11-4-2-5-12-21)22-13-6-3-7-14-22/h2-7,11-15,20H,8-10,16-19H2,1H3. The van der Waals surface area contributed by atoms with Crippen LogP contribution in [0.4, 0.5) is 0 Å². The first-order valence-corrected chi connectivity index (χ1v) is 9.86. The Morgan fingerprint density at radius 2 is 1.70 bits per heavy atom. The number of rotatable bonds is 7. The molecule has 2 aromatic rings. The van der Waals surface area contributed by atoms with Crippen molar-refractivity contribution in [2.45, 2.75) is 25.7 Å². The number of benzene rings is 2. The largest absolute Gasteiger partial charge is 0.469 e. The maximum Gasteiger partial charge on any atom is 0.305 e. The highest BCUT2D eigenvalue weighted by atomic mass is 16.5. The Morgan fingerprint density at radius 1 is 1.07 bits per heavy atom. The highest BCUT2D eigenvalue weighted by Crippen LogP contribution is 2.25. The van der Waals surface area contributed by atoms with E-state index in [0.29, 0.717) is 12.3 Å². The Labute approximate surface area is 162 Å². The molecule has 1 fully saturated rings. The second-order valence-electron chi connectivity index (χ2n) is 7.23. The predicted octanol–water partition coefficient (Wildman–Crippen LogP) is 4.78. The van der Waals surface area contributed by atoms with Gasteiger partial charge in [0, 0.05) is 19.5 Å². The molecule has 142 valence electrons. The summed E-state index contributed by atoms with van der Waals surface area (Å²) in [6, 6.07) is 21.2. The van der Waals surface area contributed by atoms with Gasteiger partial charge < -0.3 is 9.64 Å². The maximum absolute atomic E-state index is 11.6. The van der Waals surface area contributed by atoms with Crippen molar-refractivity contribution in [1.29, 1.82) is 0 Å². The van der Waals surface area contributed by atoms with Crippen molar-refractivity contribution in [3.8, 4) is 0 Å². The van der Waals surface area contributed by atoms with Crippen LogP contribution in [0.5, 0.6) is 0 Å². The molecule has 0 saturated carbocycles. The minimum Gasteiger partial charge on any atom is -0.469 e. The fourth-order valence-electron chi connectivity index (χ4n) is 3.87. The van der Waals surface area contributed by atoms with Crippen molar-refractivity contribution in [2.24, 2.45) is 5.92 Å². The molecule has 3 nitrogen and oxygen atoms in total. The smallest absolute Gasteiger partial charge is 0.305 e. The number of likely N-dealkylation sites (tertiary alicyclic amines) is 1. The van der Waals surface area contributed by atoms with Crippen LogP contribution in [0.2, 0.25) is 0 Å². The first-order valence-electron chi connectivity index (χ1n) is 9.86. The van der Waals surface area contributed by atoms with Gasteiger partial charge in [-0.3, -0.25) is 4.79 Å². The van der Waals surface area contributed by atoms with E-state index in [1.165, 1.54) is 23.8 Å². The average Bonchev–Trinajstić information content (AvgIpc) is 2.73. The molecule has 0 aromatic heterocycles. The molecule has 0 amide bonds. The summed E-state index contributed by atoms with van der Waals surface area (Å²) in [5.74, 6) is 0.343. The molecule has 1 heterocycles. The van der Waals surface area contributed by atoms with Gasteiger partial charge in [-0.15, -0.1) is 0 Å². The molecule has 0 radical (unpaired) electrons. The molecule has 1 aliphatic heterocycles. The zero-order valence-corrected chi connectivity index (χ0v) is 16.1. The molecule has 1 unspecified atom stereocenters. The Hall–Kier alpha value is -2.39. The number of piperidine rings is 1. The molecule has 3 heteroatoms. The van der Waals surface area contributed by atoms with Gasteiger partial charge >= 0.3 is 5.97 Å². The van der Waals surface area contributed by atoms with Gasteiger partial charge in [-0.1, -0.05) is 66.7 Å². The molecular weight excluding hydrogens is 334 g/mol. The SMILES string of the molecule is COC(=O)CC1CCCN(CCC=C(c2ccccc2)c2ccccc2)C1. The summed E-state index contributed by atoms with van der Waals surface area (Å²) in [5.41, 5.74) is 3.80. The number of hydrogen-bond acceptors (Lipinski definition) is 3. The van der Waals surface area contributed by atoms with E-state index < -0.39 is 0 Å². The van der Waals surface area contributed by atoms with Crippen molar-refractivity contribution in [2.75, 3.05) is 26.7 Å². The van der Waals surface area contributed by atoms with Crippen molar-refractivity contribution in [3.05, 3.63) is 77.9 Å². The van der Waals surface area contributed by atoms with Crippen LogP contribution < -0.4 is 0 Å². The number of nitrogens with zero attached hydrogens (tertiary/aromatic N) is 1. The van der Waals surface area contributed by atoms with Crippen molar-refractivity contribution >= 4 is 11.5 Å². The normalized spacial score (nSPS) is 17.3. The number of esters is 1. The van der Waals surface area contributed by atoms with Crippen LogP contribution in [-0.4, -0.2) is 37.6 Å². The molecule has 0 N–H and O–H groups in total. The average molecular weight is 364 g/mol. The second-order valence-corrected chi connectivity index (χ2v) is 7.23. The second kappa shape index (κ2) is 10.1. The van der Waals surface area contributed by atoms with Crippen LogP contribution in [0.1, 0.15) is 36.8 Å². The summed E-state index contributed by atoms with van der Waals surface area (Å²) < 4.78 is 4.83. The Balaban J connectivity index is 1.64. The van der Waals surface area contributed by atoms with Gasteiger partial charge in [0.25, 0.3) is 0 Å². The van der Waals surface area contributed by atoms with E-state index in [9.17, 15) is 4.79 Å². The first-order chi connectivity index (χ1) is 13.3. The number of carbonyl (C=O) groups is 1. The highest BCUT2D eigenvalue weighted by molar-refractivity contribution is 5.79. The van der Waals surface area contributed by atoms with E-state index in [1.54, 1.807) is 0 Å². The van der Waals surface area contributed by atoms with E-state index >= 15 is 0 Å². The highest BCUT2D eigenvalue weighted by Gasteiger charge is 2.22. The maximum atomic E-state index is 11.6. The van der Waals surface area contributed by atoms with Crippen LogP contribution in [0, 0.1) is 5.92 Å². The lowest BCUT2D eigenvalue weighted by Crippen LogP contribution is -2.36. The van der Waals surface area contributed by atoms with E-state index in [1.807, 2.05) is 0 Å². The summed E-state index contributed by atoms with van der Waals surface area (Å²) in [6.07, 6.45) is 6.19. The lowest BCUT2D eigenvalue weighted by atomic mass is 9.94. The third-order valence-corrected chi connectivity index (χ3v) is 5.25. The zero-order chi connectivity index (χ0) is 18.9. The fourth-order valence-corrected chi connectivity index (χ4v) is 3.87. The van der Waals surface area contributed by atoms with Crippen molar-refractivity contribution in [3.63, 3.8) is 0 Å². The first kappa shape index (κ1) is 19.4. The molecule has 0 aliphatic carbocycles. The third-order valence-electron chi connectivity index (χ3n) is 5.25. The molecule has 3 rings (SSSR count). The van der Waals surface area contributed by atoms with E-state index in [4.69, 9.17) is 4.74 Å². The monoisotopic (exact) mass is 363 g/mol. The minimum absolute atomic E-state index is 0.0859. The molecule has 1 atom stereocenters. The summed E-state index contributed by atoms with van der Waals surface area (Å²) in [6.45, 7) is 3.15. The lowest BCUT2D eigenvalue weighted by Gasteiger charge is -2.32. The van der Waals surface area contributed by atoms with Crippen LogP contribution in [0.15, 0.2) is 66.7 Å². The van der Waals surface area contributed by atoms with Gasteiger partial charge in [-0.25, -0.2) is 0 Å². The number of methoxy groups -OCH3 is 1. The van der Waals surface area contributed by atoms with Gasteiger partial charge in [0.1, 0.15) is 0 Å². The van der Waals surface area contributed by atoms with Gasteiger partial charge in [0.05, 0.1) is 7.11 Å². The molecular formula is C24H29NO2. The topological polar surface area (TPSA) is 29.5 Å². The third kappa shape index (κ3) is 5.80. The fraction of sp³-hybridized carbons (Fsp3) is 0.375. The predicted molar refractivity (Wildman–Crippen MR) is 110 cm³/mol. The van der Waals surface area contributed by atoms with Gasteiger partial charge in [-0.2, -0.15) is 0 Å². The Kier molecular flexibility index (Phi) is 7.23. The molecule has 2 aromatic carbocycles. The Bertz CT molecular complexity index is 698. The van der Waals surface area contributed by atoms with Crippen LogP contribution in [-0.2, 0) is 9.53 Å². The van der Waals surface area contributed by atoms with Crippen LogP contribution in [0.3, 0.4) is 0 Å². The minimum atomic E-state index is -0.0859. The molecule has 0 spiro atoms. The lowest BCUT2D eigenvalue weighted by molar-refractivity contribution is -0.142. The number of hydrogen-bond donors (Lipinski definition) is 0. The molecule has 0 bridgehead atoms. The summed E-state index contributed by atoms with van der Waals surface area (Å²) in [5, 5.41) is 0. The summed E-state index contributed by atoms with van der Waals surface area (Å²) >= 11 is 0. The zero-order valence-electron chi connectivity index (χ0n) is 16.1. The summed E-state index contributed by atoms with van der Waals surface area (Å²) in [4.78, 5) is 14.0. The molecule has 1 aliphatic rings. The molecule has 1 saturated heterocycles. The van der Waals surface area contributed by atoms with Gasteiger partial charge in [0.2, 0.25) is 0 Å². The summed E-state index contributed by atoms with van der Waals surface area (Å²) in [7, 11) is 1.47. The number of ether oxygens (including phenoxy) is 1. The van der Waals surface area contributed by atoms with Crippen molar-refractivity contribution < 1.29 is 9.53 Å². The van der Waals surface area contributed by atoms with Crippen LogP contribution >= 0.6 is 0 Å². The Morgan fingerprint density at radius 3 is 2.30 bits per heavy atom. The van der Waals surface area contributed by atoms with Crippen LogP contribution in [0.25, 0.3) is 5.57 Å².